The molecule has 0 saturated heterocycles. The van der Waals surface area contributed by atoms with Crippen LogP contribution in [0, 0.1) is 5.82 Å². The molecule has 0 radical (unpaired) electrons. The Kier molecular flexibility index (Phi) is 9.91. The summed E-state index contributed by atoms with van der Waals surface area (Å²) >= 11 is 1.66. The van der Waals surface area contributed by atoms with Gasteiger partial charge in [-0.2, -0.15) is 5.10 Å². The summed E-state index contributed by atoms with van der Waals surface area (Å²) < 4.78 is 13.1. The van der Waals surface area contributed by atoms with Gasteiger partial charge in [0.2, 0.25) is 0 Å². The van der Waals surface area contributed by atoms with E-state index < -0.39 is 17.8 Å². The van der Waals surface area contributed by atoms with Crippen LogP contribution in [-0.2, 0) is 11.2 Å². The van der Waals surface area contributed by atoms with Gasteiger partial charge in [0.15, 0.2) is 5.71 Å². The number of urea groups is 1. The molecular formula is C30H31FN4O4S. The lowest BCUT2D eigenvalue weighted by molar-refractivity contribution is -0.112. The van der Waals surface area contributed by atoms with Crippen molar-refractivity contribution in [1.82, 2.24) is 5.43 Å². The highest BCUT2D eigenvalue weighted by Crippen LogP contribution is 2.33. The number of carbonyl (C=O) groups is 3. The van der Waals surface area contributed by atoms with Gasteiger partial charge in [0.25, 0.3) is 5.91 Å². The van der Waals surface area contributed by atoms with Gasteiger partial charge in [-0.25, -0.2) is 19.4 Å². The molecule has 0 unspecified atom stereocenters. The maximum Gasteiger partial charge on any atom is 0.339 e. The van der Waals surface area contributed by atoms with Crippen molar-refractivity contribution >= 4 is 46.8 Å². The van der Waals surface area contributed by atoms with Gasteiger partial charge >= 0.3 is 12.0 Å². The number of benzene rings is 3. The Morgan fingerprint density at radius 1 is 1.00 bits per heavy atom. The number of aromatic carboxylic acids is 1. The molecule has 3 aromatic rings. The maximum absolute atomic E-state index is 13.3. The summed E-state index contributed by atoms with van der Waals surface area (Å²) in [6, 6.07) is 17.4. The number of hydrogen-bond acceptors (Lipinski definition) is 5. The fourth-order valence-electron chi connectivity index (χ4n) is 4.31. The Hall–Kier alpha value is -4.18. The van der Waals surface area contributed by atoms with Crippen LogP contribution in [0.15, 0.2) is 76.7 Å². The summed E-state index contributed by atoms with van der Waals surface area (Å²) in [5.74, 6) is -0.781. The smallest absolute Gasteiger partial charge is 0.339 e. The second kappa shape index (κ2) is 13.7. The van der Waals surface area contributed by atoms with Gasteiger partial charge in [-0.1, -0.05) is 31.9 Å². The maximum atomic E-state index is 13.3. The van der Waals surface area contributed by atoms with Crippen LogP contribution in [0.2, 0.25) is 0 Å². The molecule has 208 valence electrons. The SMILES string of the molecule is CCCCCN1C(=O)/C(=N\NC(=O)Nc2ccc(F)cc2)c2cc(SCCCc3ccc(C(=O)O)cc3)ccc21. The third-order valence-electron chi connectivity index (χ3n) is 6.40. The summed E-state index contributed by atoms with van der Waals surface area (Å²) in [5, 5.41) is 15.8. The van der Waals surface area contributed by atoms with Crippen LogP contribution in [-0.4, -0.2) is 41.0 Å². The molecule has 8 nitrogen and oxygen atoms in total. The molecule has 0 atom stereocenters. The van der Waals surface area contributed by atoms with Crippen LogP contribution >= 0.6 is 11.8 Å². The number of aryl methyl sites for hydroxylation is 1. The largest absolute Gasteiger partial charge is 0.478 e. The van der Waals surface area contributed by atoms with Crippen LogP contribution < -0.4 is 15.6 Å². The molecule has 10 heteroatoms. The fourth-order valence-corrected chi connectivity index (χ4v) is 5.20. The van der Waals surface area contributed by atoms with E-state index in [9.17, 15) is 18.8 Å². The van der Waals surface area contributed by atoms with Crippen molar-refractivity contribution in [2.24, 2.45) is 5.10 Å². The molecule has 3 N–H and O–H groups in total. The third-order valence-corrected chi connectivity index (χ3v) is 7.48. The predicted molar refractivity (Wildman–Crippen MR) is 156 cm³/mol. The third kappa shape index (κ3) is 7.47. The molecular weight excluding hydrogens is 531 g/mol. The molecule has 0 fully saturated rings. The van der Waals surface area contributed by atoms with E-state index >= 15 is 0 Å². The van der Waals surface area contributed by atoms with Gasteiger partial charge in [-0.3, -0.25) is 4.79 Å². The Morgan fingerprint density at radius 2 is 1.75 bits per heavy atom. The summed E-state index contributed by atoms with van der Waals surface area (Å²) in [6.07, 6.45) is 4.60. The van der Waals surface area contributed by atoms with E-state index in [4.69, 9.17) is 5.11 Å². The van der Waals surface area contributed by atoms with Crippen LogP contribution in [0.5, 0.6) is 0 Å². The summed E-state index contributed by atoms with van der Waals surface area (Å²) in [6.45, 7) is 2.67. The molecule has 0 saturated carbocycles. The minimum atomic E-state index is -0.937. The zero-order chi connectivity index (χ0) is 28.5. The number of thioether (sulfide) groups is 1. The van der Waals surface area contributed by atoms with E-state index in [1.807, 2.05) is 30.3 Å². The van der Waals surface area contributed by atoms with Crippen LogP contribution in [0.1, 0.15) is 54.1 Å². The van der Waals surface area contributed by atoms with Crippen molar-refractivity contribution in [3.8, 4) is 0 Å². The Labute approximate surface area is 236 Å². The Bertz CT molecular complexity index is 1390. The molecule has 0 bridgehead atoms. The van der Waals surface area contributed by atoms with Gasteiger partial charge in [0, 0.05) is 22.7 Å². The molecule has 3 aromatic carbocycles. The molecule has 1 aliphatic heterocycles. The lowest BCUT2D eigenvalue weighted by Gasteiger charge is -2.16. The van der Waals surface area contributed by atoms with Crippen molar-refractivity contribution in [2.75, 3.05) is 22.5 Å². The first-order chi connectivity index (χ1) is 19.4. The highest BCUT2D eigenvalue weighted by atomic mass is 32.2. The van der Waals surface area contributed by atoms with Gasteiger partial charge in [0.1, 0.15) is 5.82 Å². The summed E-state index contributed by atoms with van der Waals surface area (Å²) in [4.78, 5) is 39.4. The van der Waals surface area contributed by atoms with Crippen LogP contribution in [0.4, 0.5) is 20.6 Å². The number of hydrazone groups is 1. The number of nitrogens with zero attached hydrogens (tertiary/aromatic N) is 2. The molecule has 0 aliphatic carbocycles. The van der Waals surface area contributed by atoms with Crippen molar-refractivity contribution in [2.45, 2.75) is 43.9 Å². The lowest BCUT2D eigenvalue weighted by atomic mass is 10.1. The number of nitrogens with one attached hydrogen (secondary N) is 2. The second-order valence-electron chi connectivity index (χ2n) is 9.33. The first-order valence-electron chi connectivity index (χ1n) is 13.2. The molecule has 1 heterocycles. The standard InChI is InChI=1S/C30H31FN4O4S/c1-2-3-4-17-35-26-16-15-24(40-18-5-6-20-7-9-21(10-8-20)29(37)38)19-25(26)27(28(35)36)33-34-30(39)32-23-13-11-22(31)12-14-23/h7-16,19H,2-6,17-18H2,1H3,(H,37,38)(H2,32,34,39)/b33-27-. The molecule has 4 rings (SSSR count). The molecule has 1 aliphatic rings. The second-order valence-corrected chi connectivity index (χ2v) is 10.5. The number of carbonyl (C=O) groups excluding carboxylic acids is 2. The topological polar surface area (TPSA) is 111 Å². The van der Waals surface area contributed by atoms with E-state index in [1.54, 1.807) is 28.8 Å². The highest BCUT2D eigenvalue weighted by molar-refractivity contribution is 7.99. The van der Waals surface area contributed by atoms with Gasteiger partial charge in [-0.05, 0) is 85.2 Å². The number of halogens is 1. The van der Waals surface area contributed by atoms with E-state index in [1.165, 1.54) is 24.3 Å². The highest BCUT2D eigenvalue weighted by Gasteiger charge is 2.34. The van der Waals surface area contributed by atoms with Crippen LogP contribution in [0.3, 0.4) is 0 Å². The number of anilines is 2. The molecule has 0 spiro atoms. The number of unbranched alkanes of at least 4 members (excludes halogenated alkanes) is 2. The van der Waals surface area contributed by atoms with Crippen molar-refractivity contribution in [1.29, 1.82) is 0 Å². The molecule has 40 heavy (non-hydrogen) atoms. The summed E-state index contributed by atoms with van der Waals surface area (Å²) in [7, 11) is 0. The average Bonchev–Trinajstić information content (AvgIpc) is 3.21. The Morgan fingerprint density at radius 3 is 2.45 bits per heavy atom. The monoisotopic (exact) mass is 562 g/mol. The van der Waals surface area contributed by atoms with E-state index in [2.05, 4.69) is 22.8 Å². The lowest BCUT2D eigenvalue weighted by Crippen LogP contribution is -2.33. The average molecular weight is 563 g/mol. The number of carboxylic acids is 1. The Balaban J connectivity index is 1.43. The van der Waals surface area contributed by atoms with E-state index in [0.717, 1.165) is 54.0 Å². The van der Waals surface area contributed by atoms with Gasteiger partial charge in [-0.15, -0.1) is 11.8 Å². The number of carboxylic acid groups (broad SMARTS) is 1. The normalized spacial score (nSPS) is 13.4. The van der Waals surface area contributed by atoms with Gasteiger partial charge < -0.3 is 15.3 Å². The summed E-state index contributed by atoms with van der Waals surface area (Å²) in [5.41, 5.74) is 5.75. The number of amides is 3. The quantitative estimate of drug-likeness (QED) is 0.136. The van der Waals surface area contributed by atoms with Crippen molar-refractivity contribution < 1.29 is 23.9 Å². The molecule has 0 aromatic heterocycles. The molecule has 3 amide bonds. The zero-order valence-corrected chi connectivity index (χ0v) is 23.0. The fraction of sp³-hybridized carbons (Fsp3) is 0.267. The number of fused-ring (bicyclic) bond motifs is 1. The number of rotatable bonds is 12. The first kappa shape index (κ1) is 28.8. The van der Waals surface area contributed by atoms with Crippen molar-refractivity contribution in [3.05, 3.63) is 89.2 Å². The predicted octanol–water partition coefficient (Wildman–Crippen LogP) is 6.31. The van der Waals surface area contributed by atoms with E-state index in [0.29, 0.717) is 17.8 Å². The van der Waals surface area contributed by atoms with Crippen LogP contribution in [0.25, 0.3) is 0 Å². The van der Waals surface area contributed by atoms with Gasteiger partial charge in [0.05, 0.1) is 11.3 Å². The minimum Gasteiger partial charge on any atom is -0.478 e. The van der Waals surface area contributed by atoms with Crippen molar-refractivity contribution in [3.63, 3.8) is 0 Å². The first-order valence-corrected chi connectivity index (χ1v) is 14.2. The zero-order valence-electron chi connectivity index (χ0n) is 22.2. The number of hydrogen-bond donors (Lipinski definition) is 3. The van der Waals surface area contributed by atoms with E-state index in [-0.39, 0.29) is 17.2 Å². The minimum absolute atomic E-state index is 0.168.